The number of aliphatic imine (C=N–C) groups is 1. The summed E-state index contributed by atoms with van der Waals surface area (Å²) in [7, 11) is 0. The molecule has 0 atom stereocenters. The molecule has 2 aromatic heterocycles. The van der Waals surface area contributed by atoms with Crippen LogP contribution in [-0.4, -0.2) is 60.9 Å². The van der Waals surface area contributed by atoms with Crippen LogP contribution in [0.25, 0.3) is 5.65 Å². The molecule has 1 aliphatic carbocycles. The van der Waals surface area contributed by atoms with Crippen molar-refractivity contribution < 1.29 is 18.3 Å². The highest BCUT2D eigenvalue weighted by Gasteiger charge is 2.46. The quantitative estimate of drug-likeness (QED) is 0.350. The minimum Gasteiger partial charge on any atom is -0.387 e. The number of fused-ring (bicyclic) bond motifs is 1. The Kier molecular flexibility index (Phi) is 6.50. The zero-order valence-electron chi connectivity index (χ0n) is 18.3. The zero-order valence-corrected chi connectivity index (χ0v) is 19.2. The van der Waals surface area contributed by atoms with E-state index >= 15 is 0 Å². The molecule has 12 heteroatoms. The monoisotopic (exact) mass is 483 g/mol. The molecule has 3 heterocycles. The molecule has 0 bridgehead atoms. The van der Waals surface area contributed by atoms with Crippen LogP contribution in [0.2, 0.25) is 0 Å². The highest BCUT2D eigenvalue weighted by atomic mass is 32.1. The molecular weight excluding hydrogens is 455 g/mol. The zero-order chi connectivity index (χ0) is 23.8. The van der Waals surface area contributed by atoms with Crippen molar-refractivity contribution in [2.45, 2.75) is 63.3 Å². The molecule has 2 fully saturated rings. The van der Waals surface area contributed by atoms with Crippen molar-refractivity contribution in [3.8, 4) is 0 Å². The van der Waals surface area contributed by atoms with Crippen LogP contribution in [0.3, 0.4) is 0 Å². The standard InChI is InChI=1S/C21H28F3N7OS/c1-13(25)26-19(33)30-11-6-15(7-12-30)27-18-28-17-16(3-2-10-31(17)29-18)20(32)8-4-14(5-9-20)21(22,23)24/h2-3,10,14-15,32H,4-9,11-12H2,1H3,(H,27,29)(H2,25,26,33). The summed E-state index contributed by atoms with van der Waals surface area (Å²) in [6.07, 6.45) is -1.02. The molecule has 1 saturated heterocycles. The number of piperidine rings is 1. The number of nitrogens with one attached hydrogen (secondary N) is 1. The lowest BCUT2D eigenvalue weighted by atomic mass is 9.75. The van der Waals surface area contributed by atoms with Gasteiger partial charge in [0, 0.05) is 30.9 Å². The minimum absolute atomic E-state index is 0.0373. The Bertz CT molecular complexity index is 1030. The first kappa shape index (κ1) is 23.7. The fourth-order valence-corrected chi connectivity index (χ4v) is 4.97. The maximum absolute atomic E-state index is 13.1. The first-order valence-corrected chi connectivity index (χ1v) is 11.5. The highest BCUT2D eigenvalue weighted by Crippen LogP contribution is 2.45. The molecule has 0 spiro atoms. The summed E-state index contributed by atoms with van der Waals surface area (Å²) < 4.78 is 40.7. The van der Waals surface area contributed by atoms with Gasteiger partial charge in [0.25, 0.3) is 0 Å². The number of pyridine rings is 1. The van der Waals surface area contributed by atoms with Crippen LogP contribution in [-0.2, 0) is 5.60 Å². The van der Waals surface area contributed by atoms with Crippen LogP contribution in [0, 0.1) is 5.92 Å². The van der Waals surface area contributed by atoms with Gasteiger partial charge in [-0.25, -0.2) is 9.51 Å². The molecule has 33 heavy (non-hydrogen) atoms. The number of rotatable bonds is 3. The maximum atomic E-state index is 13.1. The van der Waals surface area contributed by atoms with Crippen LogP contribution < -0.4 is 11.1 Å². The Balaban J connectivity index is 1.44. The number of hydrogen-bond acceptors (Lipinski definition) is 5. The number of halogens is 3. The van der Waals surface area contributed by atoms with Gasteiger partial charge in [0.2, 0.25) is 5.95 Å². The number of nitrogens with two attached hydrogens (primary N) is 1. The molecular formula is C21H28F3N7OS. The van der Waals surface area contributed by atoms with E-state index in [-0.39, 0.29) is 31.7 Å². The molecule has 4 rings (SSSR count). The van der Waals surface area contributed by atoms with Crippen LogP contribution in [0.5, 0.6) is 0 Å². The van der Waals surface area contributed by atoms with Gasteiger partial charge < -0.3 is 21.1 Å². The van der Waals surface area contributed by atoms with Crippen LogP contribution in [0.4, 0.5) is 19.1 Å². The average Bonchev–Trinajstić information content (AvgIpc) is 3.15. The molecule has 4 N–H and O–H groups in total. The Morgan fingerprint density at radius 3 is 2.55 bits per heavy atom. The Labute approximate surface area is 195 Å². The number of aliphatic hydroxyl groups is 1. The lowest BCUT2D eigenvalue weighted by molar-refractivity contribution is -0.193. The van der Waals surface area contributed by atoms with E-state index < -0.39 is 17.7 Å². The van der Waals surface area contributed by atoms with Crippen molar-refractivity contribution in [3.63, 3.8) is 0 Å². The van der Waals surface area contributed by atoms with Crippen molar-refractivity contribution in [1.29, 1.82) is 0 Å². The van der Waals surface area contributed by atoms with E-state index in [1.54, 1.807) is 29.8 Å². The van der Waals surface area contributed by atoms with Crippen molar-refractivity contribution >= 4 is 34.8 Å². The molecule has 0 unspecified atom stereocenters. The van der Waals surface area contributed by atoms with Crippen LogP contribution in [0.15, 0.2) is 23.3 Å². The SMILES string of the molecule is C/C(N)=N/C(=S)N1CCC(Nc2nc3c(C4(O)CCC(C(F)(F)F)CC4)cccn3n2)CC1. The van der Waals surface area contributed by atoms with Gasteiger partial charge in [0.15, 0.2) is 10.8 Å². The Hall–Kier alpha value is -2.47. The number of anilines is 1. The second-order valence-electron chi connectivity index (χ2n) is 8.91. The lowest BCUT2D eigenvalue weighted by Crippen LogP contribution is -2.41. The number of nitrogens with zero attached hydrogens (tertiary/aromatic N) is 5. The van der Waals surface area contributed by atoms with Crippen molar-refractivity contribution in [2.75, 3.05) is 18.4 Å². The number of likely N-dealkylation sites (tertiary alicyclic amines) is 1. The summed E-state index contributed by atoms with van der Waals surface area (Å²) in [5, 5.41) is 19.5. The average molecular weight is 484 g/mol. The van der Waals surface area contributed by atoms with Gasteiger partial charge in [-0.2, -0.15) is 18.2 Å². The predicted molar refractivity (Wildman–Crippen MR) is 123 cm³/mol. The molecule has 8 nitrogen and oxygen atoms in total. The number of aromatic nitrogens is 3. The number of thiocarbonyl (C=S) groups is 1. The molecule has 2 aromatic rings. The van der Waals surface area contributed by atoms with Crippen molar-refractivity contribution in [3.05, 3.63) is 23.9 Å². The summed E-state index contributed by atoms with van der Waals surface area (Å²) in [5.41, 5.74) is 5.23. The van der Waals surface area contributed by atoms with Gasteiger partial charge in [-0.05, 0) is 63.7 Å². The highest BCUT2D eigenvalue weighted by molar-refractivity contribution is 7.80. The van der Waals surface area contributed by atoms with E-state index in [1.807, 2.05) is 4.90 Å². The summed E-state index contributed by atoms with van der Waals surface area (Å²) in [5.74, 6) is -0.517. The molecule has 180 valence electrons. The van der Waals surface area contributed by atoms with E-state index in [4.69, 9.17) is 18.0 Å². The maximum Gasteiger partial charge on any atom is 0.391 e. The Morgan fingerprint density at radius 2 is 1.94 bits per heavy atom. The normalized spacial score (nSPS) is 25.4. The summed E-state index contributed by atoms with van der Waals surface area (Å²) in [6.45, 7) is 3.15. The third kappa shape index (κ3) is 5.21. The predicted octanol–water partition coefficient (Wildman–Crippen LogP) is 3.21. The summed E-state index contributed by atoms with van der Waals surface area (Å²) >= 11 is 5.30. The molecule has 0 aromatic carbocycles. The molecule has 2 aliphatic rings. The third-order valence-corrected chi connectivity index (χ3v) is 6.86. The van der Waals surface area contributed by atoms with Crippen molar-refractivity contribution in [2.24, 2.45) is 16.6 Å². The first-order chi connectivity index (χ1) is 15.5. The van der Waals surface area contributed by atoms with E-state index in [1.165, 1.54) is 0 Å². The van der Waals surface area contributed by atoms with Gasteiger partial charge >= 0.3 is 6.18 Å². The smallest absolute Gasteiger partial charge is 0.387 e. The van der Waals surface area contributed by atoms with Gasteiger partial charge in [0.1, 0.15) is 0 Å². The Morgan fingerprint density at radius 1 is 1.27 bits per heavy atom. The first-order valence-electron chi connectivity index (χ1n) is 11.1. The summed E-state index contributed by atoms with van der Waals surface area (Å²) in [6, 6.07) is 3.59. The van der Waals surface area contributed by atoms with E-state index in [2.05, 4.69) is 20.4 Å². The van der Waals surface area contributed by atoms with E-state index in [0.717, 1.165) is 25.9 Å². The van der Waals surface area contributed by atoms with E-state index in [0.29, 0.717) is 28.1 Å². The topological polar surface area (TPSA) is 104 Å². The van der Waals surface area contributed by atoms with Crippen LogP contribution >= 0.6 is 12.2 Å². The second kappa shape index (κ2) is 9.05. The second-order valence-corrected chi connectivity index (χ2v) is 9.28. The molecule has 1 aliphatic heterocycles. The minimum atomic E-state index is -4.23. The van der Waals surface area contributed by atoms with Gasteiger partial charge in [-0.15, -0.1) is 5.10 Å². The fourth-order valence-electron chi connectivity index (χ4n) is 4.64. The number of amidine groups is 1. The third-order valence-electron chi connectivity index (χ3n) is 6.51. The van der Waals surface area contributed by atoms with Crippen LogP contribution in [0.1, 0.15) is 51.0 Å². The van der Waals surface area contributed by atoms with Crippen molar-refractivity contribution in [1.82, 2.24) is 19.5 Å². The molecule has 0 radical (unpaired) electrons. The fraction of sp³-hybridized carbons (Fsp3) is 0.619. The molecule has 0 amide bonds. The van der Waals surface area contributed by atoms with E-state index in [9.17, 15) is 18.3 Å². The van der Waals surface area contributed by atoms with Gasteiger partial charge in [-0.3, -0.25) is 0 Å². The lowest BCUT2D eigenvalue weighted by Gasteiger charge is -2.36. The van der Waals surface area contributed by atoms with Gasteiger partial charge in [-0.1, -0.05) is 6.07 Å². The molecule has 1 saturated carbocycles. The number of hydrogen-bond donors (Lipinski definition) is 3. The summed E-state index contributed by atoms with van der Waals surface area (Å²) in [4.78, 5) is 10.7. The number of alkyl halides is 3. The van der Waals surface area contributed by atoms with Gasteiger partial charge in [0.05, 0.1) is 17.4 Å². The largest absolute Gasteiger partial charge is 0.391 e.